The van der Waals surface area contributed by atoms with Crippen molar-refractivity contribution in [3.8, 4) is 6.57 Å². The molecule has 0 fully saturated rings. The van der Waals surface area contributed by atoms with Gasteiger partial charge in [0.05, 0.1) is 5.71 Å². The molecule has 0 atom stereocenters. The molecule has 4 heteroatoms. The van der Waals surface area contributed by atoms with Gasteiger partial charge >= 0.3 is 0 Å². The fourth-order valence-electron chi connectivity index (χ4n) is 2.62. The molecule has 0 saturated carbocycles. The molecule has 124 valence electrons. The van der Waals surface area contributed by atoms with Gasteiger partial charge in [-0.3, -0.25) is 0 Å². The molecule has 0 unspecified atom stereocenters. The Labute approximate surface area is 147 Å². The zero-order chi connectivity index (χ0) is 18.4. The summed E-state index contributed by atoms with van der Waals surface area (Å²) in [6, 6.07) is 15.7. The van der Waals surface area contributed by atoms with Crippen LogP contribution in [0.5, 0.6) is 0 Å². The highest BCUT2D eigenvalue weighted by molar-refractivity contribution is 6.08. The van der Waals surface area contributed by atoms with Crippen LogP contribution in [-0.2, 0) is 0 Å². The zero-order valence-corrected chi connectivity index (χ0v) is 14.0. The highest BCUT2D eigenvalue weighted by Crippen LogP contribution is 2.31. The van der Waals surface area contributed by atoms with Crippen molar-refractivity contribution in [2.75, 3.05) is 11.5 Å². The summed E-state index contributed by atoms with van der Waals surface area (Å²) in [7, 11) is 0. The Balaban J connectivity index is 0.00000109. The SMILES string of the molecule is C#N.CC1=CC(=C(c2ccc(N)cc2)c2ccc(N)cc2)C=CC1=N. The van der Waals surface area contributed by atoms with E-state index in [2.05, 4.69) is 6.57 Å². The fraction of sp³-hybridized carbons (Fsp3) is 0.0476. The molecule has 0 aromatic heterocycles. The van der Waals surface area contributed by atoms with Crippen molar-refractivity contribution in [3.05, 3.63) is 89.0 Å². The van der Waals surface area contributed by atoms with Gasteiger partial charge in [-0.2, -0.15) is 0 Å². The third-order valence-electron chi connectivity index (χ3n) is 3.91. The van der Waals surface area contributed by atoms with Gasteiger partial charge in [-0.25, -0.2) is 5.26 Å². The van der Waals surface area contributed by atoms with Crippen LogP contribution < -0.4 is 11.5 Å². The Bertz CT molecular complexity index is 832. The van der Waals surface area contributed by atoms with Crippen molar-refractivity contribution in [2.45, 2.75) is 6.92 Å². The summed E-state index contributed by atoms with van der Waals surface area (Å²) in [6.07, 6.45) is 5.86. The van der Waals surface area contributed by atoms with E-state index < -0.39 is 0 Å². The normalized spacial score (nSPS) is 12.8. The van der Waals surface area contributed by atoms with E-state index in [4.69, 9.17) is 22.1 Å². The van der Waals surface area contributed by atoms with Gasteiger partial charge < -0.3 is 16.9 Å². The van der Waals surface area contributed by atoms with Crippen molar-refractivity contribution in [1.82, 2.24) is 0 Å². The van der Waals surface area contributed by atoms with Crippen LogP contribution in [0.2, 0.25) is 0 Å². The van der Waals surface area contributed by atoms with Crippen LogP contribution in [0.1, 0.15) is 18.1 Å². The van der Waals surface area contributed by atoms with Crippen LogP contribution in [0.3, 0.4) is 0 Å². The first-order valence-corrected chi connectivity index (χ1v) is 7.72. The number of allylic oxidation sites excluding steroid dienone is 5. The van der Waals surface area contributed by atoms with Gasteiger partial charge in [0.25, 0.3) is 0 Å². The predicted molar refractivity (Wildman–Crippen MR) is 105 cm³/mol. The van der Waals surface area contributed by atoms with Crippen LogP contribution >= 0.6 is 0 Å². The third-order valence-corrected chi connectivity index (χ3v) is 3.91. The molecule has 1 aliphatic carbocycles. The number of hydrogen-bond acceptors (Lipinski definition) is 4. The molecule has 0 amide bonds. The maximum absolute atomic E-state index is 7.88. The lowest BCUT2D eigenvalue weighted by Gasteiger charge is -2.16. The molecule has 0 aliphatic heterocycles. The molecule has 2 aromatic carbocycles. The number of nitrogen functional groups attached to an aromatic ring is 2. The van der Waals surface area contributed by atoms with Gasteiger partial charge in [-0.05, 0) is 71.2 Å². The van der Waals surface area contributed by atoms with Crippen LogP contribution in [0.4, 0.5) is 11.4 Å². The quantitative estimate of drug-likeness (QED) is 0.715. The van der Waals surface area contributed by atoms with Crippen molar-refractivity contribution in [3.63, 3.8) is 0 Å². The van der Waals surface area contributed by atoms with Gasteiger partial charge in [-0.1, -0.05) is 30.3 Å². The molecule has 0 spiro atoms. The number of hydrogen-bond donors (Lipinski definition) is 3. The number of nitrogens with one attached hydrogen (secondary N) is 1. The van der Waals surface area contributed by atoms with E-state index in [1.807, 2.05) is 73.7 Å². The van der Waals surface area contributed by atoms with Gasteiger partial charge in [0.15, 0.2) is 0 Å². The largest absolute Gasteiger partial charge is 0.399 e. The van der Waals surface area contributed by atoms with E-state index in [1.54, 1.807) is 0 Å². The number of benzene rings is 2. The topological polar surface area (TPSA) is 99.7 Å². The molecule has 0 heterocycles. The minimum absolute atomic E-state index is 0.544. The number of nitrogens with two attached hydrogens (primary N) is 2. The monoisotopic (exact) mass is 328 g/mol. The van der Waals surface area contributed by atoms with E-state index in [0.29, 0.717) is 5.71 Å². The van der Waals surface area contributed by atoms with Gasteiger partial charge in [0.2, 0.25) is 0 Å². The van der Waals surface area contributed by atoms with Crippen molar-refractivity contribution in [2.24, 2.45) is 0 Å². The molecule has 25 heavy (non-hydrogen) atoms. The highest BCUT2D eigenvalue weighted by Gasteiger charge is 2.12. The Morgan fingerprint density at radius 3 is 1.68 bits per heavy atom. The molecule has 5 N–H and O–H groups in total. The van der Waals surface area contributed by atoms with E-state index in [1.165, 1.54) is 0 Å². The molecular weight excluding hydrogens is 308 g/mol. The average Bonchev–Trinajstić information content (AvgIpc) is 2.63. The van der Waals surface area contributed by atoms with Gasteiger partial charge in [0, 0.05) is 17.9 Å². The molecule has 2 aromatic rings. The maximum Gasteiger partial charge on any atom is 0.0569 e. The second-order valence-corrected chi connectivity index (χ2v) is 5.65. The Kier molecular flexibility index (Phi) is 5.54. The summed E-state index contributed by atoms with van der Waals surface area (Å²) in [5.41, 5.74) is 19.0. The van der Waals surface area contributed by atoms with Crippen LogP contribution in [0.15, 0.2) is 77.9 Å². The summed E-state index contributed by atoms with van der Waals surface area (Å²) in [6.45, 7) is 5.45. The molecular formula is C21H20N4. The number of nitrogens with zero attached hydrogens (tertiary/aromatic N) is 1. The van der Waals surface area contributed by atoms with Crippen LogP contribution in [-0.4, -0.2) is 5.71 Å². The molecule has 0 bridgehead atoms. The molecule has 3 rings (SSSR count). The number of rotatable bonds is 2. The van der Waals surface area contributed by atoms with Gasteiger partial charge in [0.1, 0.15) is 0 Å². The third kappa shape index (κ3) is 4.04. The summed E-state index contributed by atoms with van der Waals surface area (Å²) < 4.78 is 0. The Morgan fingerprint density at radius 1 is 0.840 bits per heavy atom. The molecule has 0 saturated heterocycles. The lowest BCUT2D eigenvalue weighted by atomic mass is 9.89. The minimum atomic E-state index is 0.544. The molecule has 0 radical (unpaired) electrons. The Hall–Kier alpha value is -3.58. The van der Waals surface area contributed by atoms with E-state index in [9.17, 15) is 0 Å². The van der Waals surface area contributed by atoms with E-state index in [-0.39, 0.29) is 0 Å². The molecule has 4 nitrogen and oxygen atoms in total. The first-order chi connectivity index (χ1) is 12.0. The lowest BCUT2D eigenvalue weighted by Crippen LogP contribution is -2.01. The number of anilines is 2. The van der Waals surface area contributed by atoms with Gasteiger partial charge in [-0.15, -0.1) is 0 Å². The van der Waals surface area contributed by atoms with E-state index in [0.717, 1.165) is 39.2 Å². The summed E-state index contributed by atoms with van der Waals surface area (Å²) in [4.78, 5) is 0. The maximum atomic E-state index is 7.88. The number of nitriles is 1. The van der Waals surface area contributed by atoms with Crippen LogP contribution in [0, 0.1) is 17.2 Å². The second kappa shape index (κ2) is 7.80. The van der Waals surface area contributed by atoms with Crippen molar-refractivity contribution >= 4 is 22.7 Å². The van der Waals surface area contributed by atoms with E-state index >= 15 is 0 Å². The first kappa shape index (κ1) is 17.8. The predicted octanol–water partition coefficient (Wildman–Crippen LogP) is 4.33. The second-order valence-electron chi connectivity index (χ2n) is 5.65. The molecule has 1 aliphatic rings. The smallest absolute Gasteiger partial charge is 0.0569 e. The zero-order valence-electron chi connectivity index (χ0n) is 14.0. The highest BCUT2D eigenvalue weighted by atomic mass is 14.5. The lowest BCUT2D eigenvalue weighted by molar-refractivity contribution is 1.41. The summed E-state index contributed by atoms with van der Waals surface area (Å²) in [5, 5.41) is 14.4. The standard InChI is InChI=1S/C20H19N3.CHN/c1-13-12-16(6-11-19(13)23)20(14-2-7-17(21)8-3-14)15-4-9-18(22)10-5-15;1-2/h2-12,23H,21-22H2,1H3;1H. The fourth-order valence-corrected chi connectivity index (χ4v) is 2.62. The Morgan fingerprint density at radius 2 is 1.28 bits per heavy atom. The summed E-state index contributed by atoms with van der Waals surface area (Å²) in [5.74, 6) is 0. The minimum Gasteiger partial charge on any atom is -0.399 e. The van der Waals surface area contributed by atoms with Crippen LogP contribution in [0.25, 0.3) is 5.57 Å². The van der Waals surface area contributed by atoms with Crippen molar-refractivity contribution in [1.29, 1.82) is 10.7 Å². The summed E-state index contributed by atoms with van der Waals surface area (Å²) >= 11 is 0. The average molecular weight is 328 g/mol. The first-order valence-electron chi connectivity index (χ1n) is 7.72. The van der Waals surface area contributed by atoms with Crippen molar-refractivity contribution < 1.29 is 0 Å².